The second kappa shape index (κ2) is 7.16. The minimum Gasteiger partial charge on any atom is -0.294 e. The van der Waals surface area contributed by atoms with E-state index in [1.165, 1.54) is 11.3 Å². The highest BCUT2D eigenvalue weighted by atomic mass is 16.2. The number of hydrogen-bond donors (Lipinski definition) is 2. The minimum absolute atomic E-state index is 0.0885. The SMILES string of the molecule is CCc1c(C)nn(CCCCCC(=O)NN)c1C. The van der Waals surface area contributed by atoms with Crippen LogP contribution in [0.15, 0.2) is 0 Å². The molecule has 0 bridgehead atoms. The number of unbranched alkanes of at least 4 members (excludes halogenated alkanes) is 2. The lowest BCUT2D eigenvalue weighted by Crippen LogP contribution is -2.29. The lowest BCUT2D eigenvalue weighted by Gasteiger charge is -2.05. The highest BCUT2D eigenvalue weighted by Gasteiger charge is 2.08. The van der Waals surface area contributed by atoms with Crippen LogP contribution in [-0.2, 0) is 17.8 Å². The molecule has 1 amide bonds. The molecule has 0 spiro atoms. The van der Waals surface area contributed by atoms with E-state index in [0.29, 0.717) is 6.42 Å². The molecule has 0 saturated carbocycles. The van der Waals surface area contributed by atoms with Crippen molar-refractivity contribution < 1.29 is 4.79 Å². The Hall–Kier alpha value is -1.36. The molecule has 0 unspecified atom stereocenters. The number of carbonyl (C=O) groups excluding carboxylic acids is 1. The zero-order valence-electron chi connectivity index (χ0n) is 11.6. The van der Waals surface area contributed by atoms with Gasteiger partial charge in [0.25, 0.3) is 0 Å². The van der Waals surface area contributed by atoms with Gasteiger partial charge in [0.2, 0.25) is 5.91 Å². The summed E-state index contributed by atoms with van der Waals surface area (Å²) in [5.41, 5.74) is 5.91. The number of hydrazine groups is 1. The van der Waals surface area contributed by atoms with Gasteiger partial charge in [0.1, 0.15) is 0 Å². The normalized spacial score (nSPS) is 10.7. The van der Waals surface area contributed by atoms with Crippen molar-refractivity contribution in [2.45, 2.75) is 59.4 Å². The first-order chi connectivity index (χ1) is 8.60. The summed E-state index contributed by atoms with van der Waals surface area (Å²) in [4.78, 5) is 10.9. The summed E-state index contributed by atoms with van der Waals surface area (Å²) in [5.74, 6) is 4.93. The van der Waals surface area contributed by atoms with Crippen molar-refractivity contribution in [1.29, 1.82) is 0 Å². The van der Waals surface area contributed by atoms with Crippen molar-refractivity contribution in [3.05, 3.63) is 17.0 Å². The molecule has 0 saturated heterocycles. The fourth-order valence-electron chi connectivity index (χ4n) is 2.26. The van der Waals surface area contributed by atoms with E-state index >= 15 is 0 Å². The van der Waals surface area contributed by atoms with Crippen LogP contribution in [0.2, 0.25) is 0 Å². The van der Waals surface area contributed by atoms with E-state index in [4.69, 9.17) is 5.84 Å². The molecule has 1 heterocycles. The maximum Gasteiger partial charge on any atom is 0.233 e. The Kier molecular flexibility index (Phi) is 5.85. The molecule has 0 radical (unpaired) electrons. The average molecular weight is 252 g/mol. The van der Waals surface area contributed by atoms with Crippen LogP contribution >= 0.6 is 0 Å². The third kappa shape index (κ3) is 3.84. The topological polar surface area (TPSA) is 72.9 Å². The van der Waals surface area contributed by atoms with E-state index in [-0.39, 0.29) is 5.91 Å². The molecule has 1 aromatic rings. The Morgan fingerprint density at radius 3 is 2.61 bits per heavy atom. The van der Waals surface area contributed by atoms with Crippen molar-refractivity contribution in [2.24, 2.45) is 5.84 Å². The summed E-state index contributed by atoms with van der Waals surface area (Å²) in [5, 5.41) is 4.55. The Labute approximate surface area is 109 Å². The van der Waals surface area contributed by atoms with Gasteiger partial charge in [-0.2, -0.15) is 5.10 Å². The molecule has 5 heteroatoms. The molecule has 0 aliphatic heterocycles. The van der Waals surface area contributed by atoms with E-state index in [9.17, 15) is 4.79 Å². The van der Waals surface area contributed by atoms with Crippen LogP contribution in [0.5, 0.6) is 0 Å². The molecule has 3 N–H and O–H groups in total. The van der Waals surface area contributed by atoms with E-state index in [0.717, 1.165) is 37.9 Å². The van der Waals surface area contributed by atoms with Crippen molar-refractivity contribution in [1.82, 2.24) is 15.2 Å². The Bertz CT molecular complexity index is 398. The van der Waals surface area contributed by atoms with Crippen molar-refractivity contribution >= 4 is 5.91 Å². The smallest absolute Gasteiger partial charge is 0.233 e. The maximum atomic E-state index is 10.9. The zero-order chi connectivity index (χ0) is 13.5. The van der Waals surface area contributed by atoms with Gasteiger partial charge in [-0.15, -0.1) is 0 Å². The number of aromatic nitrogens is 2. The third-order valence-corrected chi connectivity index (χ3v) is 3.32. The number of nitrogens with zero attached hydrogens (tertiary/aromatic N) is 2. The Morgan fingerprint density at radius 2 is 2.06 bits per heavy atom. The van der Waals surface area contributed by atoms with Crippen LogP contribution in [0, 0.1) is 13.8 Å². The van der Waals surface area contributed by atoms with Gasteiger partial charge >= 0.3 is 0 Å². The molecule has 102 valence electrons. The van der Waals surface area contributed by atoms with Gasteiger partial charge < -0.3 is 0 Å². The van der Waals surface area contributed by atoms with Crippen LogP contribution in [-0.4, -0.2) is 15.7 Å². The highest BCUT2D eigenvalue weighted by Crippen LogP contribution is 2.14. The quantitative estimate of drug-likeness (QED) is 0.335. The molecule has 1 aromatic heterocycles. The second-order valence-corrected chi connectivity index (χ2v) is 4.60. The first kappa shape index (κ1) is 14.7. The number of hydrogen-bond acceptors (Lipinski definition) is 3. The fraction of sp³-hybridized carbons (Fsp3) is 0.692. The average Bonchev–Trinajstić information content (AvgIpc) is 2.63. The Balaban J connectivity index is 2.34. The summed E-state index contributed by atoms with van der Waals surface area (Å²) < 4.78 is 2.08. The third-order valence-electron chi connectivity index (χ3n) is 3.32. The number of carbonyl (C=O) groups is 1. The molecular weight excluding hydrogens is 228 g/mol. The van der Waals surface area contributed by atoms with E-state index in [1.54, 1.807) is 0 Å². The molecule has 0 aromatic carbocycles. The summed E-state index contributed by atoms with van der Waals surface area (Å²) in [7, 11) is 0. The van der Waals surface area contributed by atoms with E-state index < -0.39 is 0 Å². The first-order valence-corrected chi connectivity index (χ1v) is 6.62. The van der Waals surface area contributed by atoms with Gasteiger partial charge in [-0.05, 0) is 38.7 Å². The summed E-state index contributed by atoms with van der Waals surface area (Å²) in [6.45, 7) is 7.28. The molecule has 18 heavy (non-hydrogen) atoms. The molecule has 5 nitrogen and oxygen atoms in total. The van der Waals surface area contributed by atoms with Crippen molar-refractivity contribution in [2.75, 3.05) is 0 Å². The molecule has 0 aliphatic carbocycles. The number of aryl methyl sites for hydroxylation is 2. The molecular formula is C13H24N4O. The monoisotopic (exact) mass is 252 g/mol. The summed E-state index contributed by atoms with van der Waals surface area (Å²) in [6, 6.07) is 0. The number of amides is 1. The van der Waals surface area contributed by atoms with E-state index in [1.807, 2.05) is 0 Å². The van der Waals surface area contributed by atoms with Crippen LogP contribution < -0.4 is 11.3 Å². The van der Waals surface area contributed by atoms with Gasteiger partial charge in [0, 0.05) is 18.7 Å². The number of nitrogens with one attached hydrogen (secondary N) is 1. The summed E-state index contributed by atoms with van der Waals surface area (Å²) >= 11 is 0. The highest BCUT2D eigenvalue weighted by molar-refractivity contribution is 5.74. The first-order valence-electron chi connectivity index (χ1n) is 6.62. The van der Waals surface area contributed by atoms with Gasteiger partial charge in [-0.1, -0.05) is 13.3 Å². The molecule has 1 rings (SSSR count). The number of nitrogens with two attached hydrogens (primary N) is 1. The van der Waals surface area contributed by atoms with Gasteiger partial charge in [0.15, 0.2) is 0 Å². The van der Waals surface area contributed by atoms with Crippen LogP contribution in [0.3, 0.4) is 0 Å². The number of rotatable bonds is 7. The minimum atomic E-state index is -0.0885. The standard InChI is InChI=1S/C13H24N4O/c1-4-12-10(2)16-17(11(12)3)9-7-5-6-8-13(18)15-14/h4-9,14H2,1-3H3,(H,15,18). The van der Waals surface area contributed by atoms with Gasteiger partial charge in [-0.25, -0.2) is 5.84 Å². The van der Waals surface area contributed by atoms with Crippen LogP contribution in [0.1, 0.15) is 49.6 Å². The zero-order valence-corrected chi connectivity index (χ0v) is 11.6. The second-order valence-electron chi connectivity index (χ2n) is 4.60. The predicted octanol–water partition coefficient (Wildman–Crippen LogP) is 1.61. The van der Waals surface area contributed by atoms with Crippen molar-refractivity contribution in [3.8, 4) is 0 Å². The summed E-state index contributed by atoms with van der Waals surface area (Å²) in [6.07, 6.45) is 4.49. The Morgan fingerprint density at radius 1 is 1.33 bits per heavy atom. The van der Waals surface area contributed by atoms with Crippen LogP contribution in [0.25, 0.3) is 0 Å². The lowest BCUT2D eigenvalue weighted by atomic mass is 10.1. The van der Waals surface area contributed by atoms with Gasteiger partial charge in [0.05, 0.1) is 5.69 Å². The van der Waals surface area contributed by atoms with E-state index in [2.05, 4.69) is 36.0 Å². The lowest BCUT2D eigenvalue weighted by molar-refractivity contribution is -0.121. The fourth-order valence-corrected chi connectivity index (χ4v) is 2.26. The van der Waals surface area contributed by atoms with Gasteiger partial charge in [-0.3, -0.25) is 14.9 Å². The van der Waals surface area contributed by atoms with Crippen LogP contribution in [0.4, 0.5) is 0 Å². The van der Waals surface area contributed by atoms with Crippen molar-refractivity contribution in [3.63, 3.8) is 0 Å². The predicted molar refractivity (Wildman–Crippen MR) is 71.9 cm³/mol. The maximum absolute atomic E-state index is 10.9. The molecule has 0 aliphatic rings. The molecule has 0 fully saturated rings. The molecule has 0 atom stereocenters. The largest absolute Gasteiger partial charge is 0.294 e.